The highest BCUT2D eigenvalue weighted by Crippen LogP contribution is 2.32. The molecule has 0 saturated heterocycles. The van der Waals surface area contributed by atoms with Crippen LogP contribution in [0.1, 0.15) is 19.5 Å². The zero-order chi connectivity index (χ0) is 19.9. The van der Waals surface area contributed by atoms with E-state index in [0.29, 0.717) is 23.0 Å². The van der Waals surface area contributed by atoms with Crippen molar-refractivity contribution in [2.45, 2.75) is 20.3 Å². The second-order valence-corrected chi connectivity index (χ2v) is 6.91. The van der Waals surface area contributed by atoms with Crippen LogP contribution in [0.2, 0.25) is 0 Å². The zero-order valence-electron chi connectivity index (χ0n) is 16.4. The van der Waals surface area contributed by atoms with Gasteiger partial charge in [-0.2, -0.15) is 5.10 Å². The second-order valence-electron chi connectivity index (χ2n) is 6.91. The second kappa shape index (κ2) is 9.08. The summed E-state index contributed by atoms with van der Waals surface area (Å²) in [5.41, 5.74) is 3.12. The van der Waals surface area contributed by atoms with E-state index in [2.05, 4.69) is 29.4 Å². The standard InChI is InChI=1S/C22H25N3O3/c1-15(2)12-19-22(23-20(26)14-28-17-9-5-4-6-10-17)21(25-24-19)16-8-7-11-18(13-16)27-3/h4-11,13,15H,12,14H2,1-3H3,(H,23,26)(H,24,25). The Morgan fingerprint density at radius 2 is 1.86 bits per heavy atom. The third-order valence-electron chi connectivity index (χ3n) is 4.17. The van der Waals surface area contributed by atoms with Crippen molar-refractivity contribution < 1.29 is 14.3 Å². The van der Waals surface area contributed by atoms with Crippen molar-refractivity contribution in [1.82, 2.24) is 10.2 Å². The molecule has 3 aromatic rings. The van der Waals surface area contributed by atoms with Crippen LogP contribution in [0.5, 0.6) is 11.5 Å². The number of ether oxygens (including phenoxy) is 2. The van der Waals surface area contributed by atoms with Gasteiger partial charge in [0, 0.05) is 5.56 Å². The lowest BCUT2D eigenvalue weighted by Crippen LogP contribution is -2.21. The van der Waals surface area contributed by atoms with Crippen LogP contribution in [0.15, 0.2) is 54.6 Å². The lowest BCUT2D eigenvalue weighted by Gasteiger charge is -2.11. The summed E-state index contributed by atoms with van der Waals surface area (Å²) in [5, 5.41) is 10.5. The molecule has 0 saturated carbocycles. The number of H-pyrrole nitrogens is 1. The topological polar surface area (TPSA) is 76.2 Å². The highest BCUT2D eigenvalue weighted by Gasteiger charge is 2.18. The van der Waals surface area contributed by atoms with Crippen molar-refractivity contribution in [3.05, 3.63) is 60.3 Å². The first kappa shape index (κ1) is 19.5. The number of nitrogens with one attached hydrogen (secondary N) is 2. The summed E-state index contributed by atoms with van der Waals surface area (Å²) >= 11 is 0. The molecule has 6 heteroatoms. The van der Waals surface area contributed by atoms with E-state index < -0.39 is 0 Å². The number of para-hydroxylation sites is 1. The van der Waals surface area contributed by atoms with E-state index in [9.17, 15) is 4.79 Å². The summed E-state index contributed by atoms with van der Waals surface area (Å²) in [4.78, 5) is 12.5. The van der Waals surface area contributed by atoms with E-state index in [1.165, 1.54) is 0 Å². The maximum Gasteiger partial charge on any atom is 0.262 e. The maximum absolute atomic E-state index is 12.5. The lowest BCUT2D eigenvalue weighted by molar-refractivity contribution is -0.118. The fourth-order valence-corrected chi connectivity index (χ4v) is 2.89. The van der Waals surface area contributed by atoms with Gasteiger partial charge in [0.05, 0.1) is 18.5 Å². The Balaban J connectivity index is 1.82. The van der Waals surface area contributed by atoms with Crippen LogP contribution in [-0.2, 0) is 11.2 Å². The third-order valence-corrected chi connectivity index (χ3v) is 4.17. The van der Waals surface area contributed by atoms with Gasteiger partial charge in [-0.15, -0.1) is 0 Å². The van der Waals surface area contributed by atoms with E-state index >= 15 is 0 Å². The molecule has 0 aliphatic rings. The molecule has 6 nitrogen and oxygen atoms in total. The van der Waals surface area contributed by atoms with Gasteiger partial charge in [0.25, 0.3) is 5.91 Å². The van der Waals surface area contributed by atoms with Gasteiger partial charge in [-0.05, 0) is 36.6 Å². The van der Waals surface area contributed by atoms with E-state index in [0.717, 1.165) is 23.4 Å². The normalized spacial score (nSPS) is 10.7. The number of aromatic nitrogens is 2. The monoisotopic (exact) mass is 379 g/mol. The summed E-state index contributed by atoms with van der Waals surface area (Å²) in [6, 6.07) is 16.9. The fraction of sp³-hybridized carbons (Fsp3) is 0.273. The van der Waals surface area contributed by atoms with Crippen LogP contribution >= 0.6 is 0 Å². The fourth-order valence-electron chi connectivity index (χ4n) is 2.89. The molecule has 1 amide bonds. The minimum Gasteiger partial charge on any atom is -0.497 e. The number of amides is 1. The molecule has 146 valence electrons. The van der Waals surface area contributed by atoms with Crippen LogP contribution in [0.25, 0.3) is 11.3 Å². The smallest absolute Gasteiger partial charge is 0.262 e. The van der Waals surface area contributed by atoms with E-state index in [1.807, 2.05) is 54.6 Å². The summed E-state index contributed by atoms with van der Waals surface area (Å²) < 4.78 is 10.9. The molecule has 0 unspecified atom stereocenters. The van der Waals surface area contributed by atoms with Gasteiger partial charge in [0.15, 0.2) is 6.61 Å². The quantitative estimate of drug-likeness (QED) is 0.612. The molecule has 28 heavy (non-hydrogen) atoms. The van der Waals surface area contributed by atoms with Crippen LogP contribution in [-0.4, -0.2) is 29.8 Å². The molecular weight excluding hydrogens is 354 g/mol. The van der Waals surface area contributed by atoms with Crippen molar-refractivity contribution in [1.29, 1.82) is 0 Å². The Bertz CT molecular complexity index is 920. The average molecular weight is 379 g/mol. The van der Waals surface area contributed by atoms with Crippen molar-refractivity contribution in [3.63, 3.8) is 0 Å². The van der Waals surface area contributed by atoms with E-state index in [-0.39, 0.29) is 12.5 Å². The van der Waals surface area contributed by atoms with Crippen molar-refractivity contribution in [2.75, 3.05) is 19.0 Å². The molecule has 0 aliphatic carbocycles. The minimum absolute atomic E-state index is 0.0755. The number of hydrogen-bond donors (Lipinski definition) is 2. The van der Waals surface area contributed by atoms with Crippen LogP contribution in [0.4, 0.5) is 5.69 Å². The predicted molar refractivity (Wildman–Crippen MR) is 110 cm³/mol. The molecule has 1 aromatic heterocycles. The van der Waals surface area contributed by atoms with Gasteiger partial charge >= 0.3 is 0 Å². The first-order chi connectivity index (χ1) is 13.6. The number of methoxy groups -OCH3 is 1. The molecule has 0 spiro atoms. The molecular formula is C22H25N3O3. The first-order valence-corrected chi connectivity index (χ1v) is 9.26. The molecule has 1 heterocycles. The maximum atomic E-state index is 12.5. The molecule has 0 atom stereocenters. The van der Waals surface area contributed by atoms with Gasteiger partial charge in [-0.25, -0.2) is 0 Å². The number of benzene rings is 2. The number of hydrogen-bond acceptors (Lipinski definition) is 4. The summed E-state index contributed by atoms with van der Waals surface area (Å²) in [5.74, 6) is 1.56. The lowest BCUT2D eigenvalue weighted by atomic mass is 10.0. The van der Waals surface area contributed by atoms with Gasteiger partial charge < -0.3 is 14.8 Å². The van der Waals surface area contributed by atoms with Gasteiger partial charge in [-0.1, -0.05) is 44.2 Å². The van der Waals surface area contributed by atoms with Crippen LogP contribution < -0.4 is 14.8 Å². The molecule has 2 N–H and O–H groups in total. The summed E-state index contributed by atoms with van der Waals surface area (Å²) in [6.07, 6.45) is 0.770. The Morgan fingerprint density at radius 3 is 2.57 bits per heavy atom. The molecule has 0 radical (unpaired) electrons. The Morgan fingerprint density at radius 1 is 1.11 bits per heavy atom. The average Bonchev–Trinajstić information content (AvgIpc) is 3.08. The van der Waals surface area contributed by atoms with Crippen LogP contribution in [0.3, 0.4) is 0 Å². The number of anilines is 1. The van der Waals surface area contributed by atoms with Gasteiger partial charge in [-0.3, -0.25) is 9.89 Å². The van der Waals surface area contributed by atoms with E-state index in [1.54, 1.807) is 7.11 Å². The van der Waals surface area contributed by atoms with Crippen molar-refractivity contribution in [3.8, 4) is 22.8 Å². The number of carbonyl (C=O) groups excluding carboxylic acids is 1. The zero-order valence-corrected chi connectivity index (χ0v) is 16.4. The first-order valence-electron chi connectivity index (χ1n) is 9.26. The summed E-state index contributed by atoms with van der Waals surface area (Å²) in [7, 11) is 1.62. The number of carbonyl (C=O) groups is 1. The largest absolute Gasteiger partial charge is 0.497 e. The van der Waals surface area contributed by atoms with Crippen molar-refractivity contribution in [2.24, 2.45) is 5.92 Å². The SMILES string of the molecule is COc1cccc(-c2n[nH]c(CC(C)C)c2NC(=O)COc2ccccc2)c1. The van der Waals surface area contributed by atoms with Crippen molar-refractivity contribution >= 4 is 11.6 Å². The Kier molecular flexibility index (Phi) is 6.32. The number of rotatable bonds is 8. The highest BCUT2D eigenvalue weighted by molar-refractivity contribution is 5.96. The Hall–Kier alpha value is -3.28. The third kappa shape index (κ3) is 4.91. The molecule has 3 rings (SSSR count). The minimum atomic E-state index is -0.237. The molecule has 2 aromatic carbocycles. The summed E-state index contributed by atoms with van der Waals surface area (Å²) in [6.45, 7) is 4.17. The van der Waals surface area contributed by atoms with Gasteiger partial charge in [0.1, 0.15) is 17.2 Å². The Labute approximate surface area is 164 Å². The van der Waals surface area contributed by atoms with Gasteiger partial charge in [0.2, 0.25) is 0 Å². The number of aromatic amines is 1. The molecule has 0 aliphatic heterocycles. The predicted octanol–water partition coefficient (Wildman–Crippen LogP) is 4.30. The molecule has 0 fully saturated rings. The van der Waals surface area contributed by atoms with Crippen LogP contribution in [0, 0.1) is 5.92 Å². The van der Waals surface area contributed by atoms with E-state index in [4.69, 9.17) is 9.47 Å². The highest BCUT2D eigenvalue weighted by atomic mass is 16.5. The number of nitrogens with zero attached hydrogens (tertiary/aromatic N) is 1. The molecule has 0 bridgehead atoms.